The van der Waals surface area contributed by atoms with Crippen LogP contribution in [0.5, 0.6) is 5.75 Å². The molecule has 86 valence electrons. The Labute approximate surface area is 96.1 Å². The van der Waals surface area contributed by atoms with Crippen LogP contribution in [-0.4, -0.2) is 18.6 Å². The minimum Gasteiger partial charge on any atom is -0.481 e. The summed E-state index contributed by atoms with van der Waals surface area (Å²) in [7, 11) is 0. The van der Waals surface area contributed by atoms with Crippen molar-refractivity contribution in [3.05, 3.63) is 42.5 Å². The van der Waals surface area contributed by atoms with Crippen LogP contribution >= 0.6 is 0 Å². The molecule has 1 amide bonds. The third kappa shape index (κ3) is 3.77. The molecule has 0 aliphatic rings. The van der Waals surface area contributed by atoms with Gasteiger partial charge in [0.25, 0.3) is 5.91 Å². The van der Waals surface area contributed by atoms with E-state index in [-0.39, 0.29) is 5.91 Å². The maximum Gasteiger partial charge on any atom is 0.261 e. The van der Waals surface area contributed by atoms with Crippen LogP contribution in [-0.2, 0) is 4.79 Å². The molecule has 0 radical (unpaired) electrons. The molecule has 1 aromatic carbocycles. The molecule has 0 spiro atoms. The molecule has 0 aromatic heterocycles. The highest BCUT2D eigenvalue weighted by atomic mass is 16.5. The van der Waals surface area contributed by atoms with Crippen molar-refractivity contribution in [3.8, 4) is 5.75 Å². The van der Waals surface area contributed by atoms with E-state index in [4.69, 9.17) is 4.74 Å². The van der Waals surface area contributed by atoms with Crippen LogP contribution in [0.4, 0.5) is 0 Å². The highest BCUT2D eigenvalue weighted by Crippen LogP contribution is 2.13. The van der Waals surface area contributed by atoms with Crippen LogP contribution in [0, 0.1) is 6.92 Å². The molecule has 1 aromatic rings. The van der Waals surface area contributed by atoms with E-state index in [1.54, 1.807) is 13.0 Å². The molecular formula is C13H17NO2. The lowest BCUT2D eigenvalue weighted by Crippen LogP contribution is -2.36. The maximum atomic E-state index is 11.5. The summed E-state index contributed by atoms with van der Waals surface area (Å²) >= 11 is 0. The van der Waals surface area contributed by atoms with Crippen molar-refractivity contribution in [3.63, 3.8) is 0 Å². The van der Waals surface area contributed by atoms with Crippen LogP contribution in [0.25, 0.3) is 0 Å². The molecule has 1 rings (SSSR count). The molecule has 16 heavy (non-hydrogen) atoms. The van der Waals surface area contributed by atoms with Crippen molar-refractivity contribution in [2.45, 2.75) is 20.0 Å². The molecule has 3 heteroatoms. The summed E-state index contributed by atoms with van der Waals surface area (Å²) in [6.45, 7) is 7.71. The van der Waals surface area contributed by atoms with Crippen molar-refractivity contribution >= 4 is 5.91 Å². The summed E-state index contributed by atoms with van der Waals surface area (Å²) in [5, 5.41) is 2.68. The third-order valence-electron chi connectivity index (χ3n) is 2.12. The van der Waals surface area contributed by atoms with Gasteiger partial charge in [0.1, 0.15) is 5.75 Å². The van der Waals surface area contributed by atoms with Gasteiger partial charge in [0, 0.05) is 6.54 Å². The van der Waals surface area contributed by atoms with Crippen LogP contribution in [0.2, 0.25) is 0 Å². The second kappa shape index (κ2) is 5.95. The van der Waals surface area contributed by atoms with E-state index >= 15 is 0 Å². The minimum absolute atomic E-state index is 0.138. The van der Waals surface area contributed by atoms with Gasteiger partial charge in [-0.25, -0.2) is 0 Å². The summed E-state index contributed by atoms with van der Waals surface area (Å²) in [6.07, 6.45) is 1.14. The molecule has 1 N–H and O–H groups in total. The third-order valence-corrected chi connectivity index (χ3v) is 2.12. The molecule has 0 saturated carbocycles. The van der Waals surface area contributed by atoms with E-state index in [0.29, 0.717) is 12.3 Å². The molecule has 0 bridgehead atoms. The molecule has 0 unspecified atom stereocenters. The quantitative estimate of drug-likeness (QED) is 0.770. The van der Waals surface area contributed by atoms with Crippen molar-refractivity contribution < 1.29 is 9.53 Å². The number of carbonyl (C=O) groups excluding carboxylic acids is 1. The van der Waals surface area contributed by atoms with Crippen molar-refractivity contribution in [1.82, 2.24) is 5.32 Å². The van der Waals surface area contributed by atoms with Gasteiger partial charge in [-0.1, -0.05) is 23.8 Å². The predicted octanol–water partition coefficient (Wildman–Crippen LogP) is 2.06. The van der Waals surface area contributed by atoms with Crippen LogP contribution in [0.15, 0.2) is 36.9 Å². The maximum absolute atomic E-state index is 11.5. The second-order valence-electron chi connectivity index (χ2n) is 3.61. The van der Waals surface area contributed by atoms with E-state index in [0.717, 1.165) is 5.56 Å². The number of aryl methyl sites for hydroxylation is 1. The fourth-order valence-corrected chi connectivity index (χ4v) is 1.19. The Hall–Kier alpha value is -1.77. The molecule has 3 nitrogen and oxygen atoms in total. The Kier molecular flexibility index (Phi) is 4.58. The Morgan fingerprint density at radius 3 is 2.69 bits per heavy atom. The standard InChI is InChI=1S/C13H17NO2/c1-4-9-14-13(15)11(3)16-12-7-5-10(2)6-8-12/h4-8,11H,1,9H2,2-3H3,(H,14,15)/t11-/m0/s1. The van der Waals surface area contributed by atoms with Gasteiger partial charge in [-0.2, -0.15) is 0 Å². The molecule has 0 aliphatic carbocycles. The topological polar surface area (TPSA) is 38.3 Å². The first-order valence-electron chi connectivity index (χ1n) is 5.25. The monoisotopic (exact) mass is 219 g/mol. The SMILES string of the molecule is C=CCNC(=O)[C@H](C)Oc1ccc(C)cc1. The smallest absolute Gasteiger partial charge is 0.261 e. The van der Waals surface area contributed by atoms with Crippen molar-refractivity contribution in [2.75, 3.05) is 6.54 Å². The fraction of sp³-hybridized carbons (Fsp3) is 0.308. The van der Waals surface area contributed by atoms with Crippen molar-refractivity contribution in [2.24, 2.45) is 0 Å². The number of amides is 1. The number of rotatable bonds is 5. The van der Waals surface area contributed by atoms with E-state index in [1.165, 1.54) is 0 Å². The minimum atomic E-state index is -0.498. The molecule has 0 heterocycles. The highest BCUT2D eigenvalue weighted by Gasteiger charge is 2.12. The van der Waals surface area contributed by atoms with Gasteiger partial charge >= 0.3 is 0 Å². The average molecular weight is 219 g/mol. The average Bonchev–Trinajstić information content (AvgIpc) is 2.29. The Morgan fingerprint density at radius 1 is 1.50 bits per heavy atom. The molecular weight excluding hydrogens is 202 g/mol. The highest BCUT2D eigenvalue weighted by molar-refractivity contribution is 5.80. The molecule has 0 saturated heterocycles. The number of ether oxygens (including phenoxy) is 1. The van der Waals surface area contributed by atoms with Gasteiger partial charge in [0.05, 0.1) is 0 Å². The number of hydrogen-bond acceptors (Lipinski definition) is 2. The van der Waals surface area contributed by atoms with Gasteiger partial charge in [-0.15, -0.1) is 6.58 Å². The zero-order valence-electron chi connectivity index (χ0n) is 9.69. The molecule has 0 aliphatic heterocycles. The fourth-order valence-electron chi connectivity index (χ4n) is 1.19. The number of benzene rings is 1. The largest absolute Gasteiger partial charge is 0.481 e. The lowest BCUT2D eigenvalue weighted by molar-refractivity contribution is -0.127. The van der Waals surface area contributed by atoms with Crippen LogP contribution < -0.4 is 10.1 Å². The Balaban J connectivity index is 2.50. The van der Waals surface area contributed by atoms with Gasteiger partial charge in [-0.05, 0) is 26.0 Å². The van der Waals surface area contributed by atoms with E-state index in [2.05, 4.69) is 11.9 Å². The normalized spacial score (nSPS) is 11.6. The summed E-state index contributed by atoms with van der Waals surface area (Å²) in [5.74, 6) is 0.562. The van der Waals surface area contributed by atoms with Gasteiger partial charge in [-0.3, -0.25) is 4.79 Å². The number of carbonyl (C=O) groups is 1. The summed E-state index contributed by atoms with van der Waals surface area (Å²) < 4.78 is 5.48. The molecule has 1 atom stereocenters. The first-order chi connectivity index (χ1) is 7.63. The first-order valence-corrected chi connectivity index (χ1v) is 5.25. The Morgan fingerprint density at radius 2 is 2.12 bits per heavy atom. The van der Waals surface area contributed by atoms with Gasteiger partial charge < -0.3 is 10.1 Å². The summed E-state index contributed by atoms with van der Waals surface area (Å²) in [4.78, 5) is 11.5. The summed E-state index contributed by atoms with van der Waals surface area (Å²) in [5.41, 5.74) is 1.16. The van der Waals surface area contributed by atoms with Crippen LogP contribution in [0.3, 0.4) is 0 Å². The number of nitrogens with one attached hydrogen (secondary N) is 1. The van der Waals surface area contributed by atoms with Gasteiger partial charge in [0.15, 0.2) is 6.10 Å². The van der Waals surface area contributed by atoms with Crippen LogP contribution in [0.1, 0.15) is 12.5 Å². The number of hydrogen-bond donors (Lipinski definition) is 1. The second-order valence-corrected chi connectivity index (χ2v) is 3.61. The Bertz CT molecular complexity index is 357. The van der Waals surface area contributed by atoms with E-state index in [1.807, 2.05) is 31.2 Å². The van der Waals surface area contributed by atoms with E-state index < -0.39 is 6.10 Å². The lowest BCUT2D eigenvalue weighted by Gasteiger charge is -2.14. The lowest BCUT2D eigenvalue weighted by atomic mass is 10.2. The van der Waals surface area contributed by atoms with Gasteiger partial charge in [0.2, 0.25) is 0 Å². The summed E-state index contributed by atoms with van der Waals surface area (Å²) in [6, 6.07) is 7.60. The first kappa shape index (κ1) is 12.3. The van der Waals surface area contributed by atoms with E-state index in [9.17, 15) is 4.79 Å². The predicted molar refractivity (Wildman–Crippen MR) is 64.5 cm³/mol. The zero-order valence-corrected chi connectivity index (χ0v) is 9.69. The van der Waals surface area contributed by atoms with Crippen molar-refractivity contribution in [1.29, 1.82) is 0 Å². The molecule has 0 fully saturated rings. The zero-order chi connectivity index (χ0) is 12.0.